The molecule has 0 aromatic heterocycles. The van der Waals surface area contributed by atoms with Crippen molar-refractivity contribution in [3.63, 3.8) is 0 Å². The molecule has 1 atom stereocenters. The first-order chi connectivity index (χ1) is 8.72. The number of aliphatic hydroxyl groups excluding tert-OH is 1. The van der Waals surface area contributed by atoms with Crippen molar-refractivity contribution < 1.29 is 9.90 Å². The number of halogens is 1. The second kappa shape index (κ2) is 4.26. The summed E-state index contributed by atoms with van der Waals surface area (Å²) >= 11 is 5.60. The van der Waals surface area contributed by atoms with Crippen molar-refractivity contribution in [1.29, 1.82) is 0 Å². The van der Waals surface area contributed by atoms with Crippen molar-refractivity contribution in [3.8, 4) is 0 Å². The summed E-state index contributed by atoms with van der Waals surface area (Å²) in [6, 6.07) is 11.5. The Morgan fingerprint density at radius 1 is 1.22 bits per heavy atom. The molecule has 0 fully saturated rings. The quantitative estimate of drug-likeness (QED) is 0.862. The van der Waals surface area contributed by atoms with Crippen LogP contribution in [0.2, 0.25) is 0 Å². The van der Waals surface area contributed by atoms with Gasteiger partial charge in [-0.05, 0) is 17.5 Å². The van der Waals surface area contributed by atoms with Crippen molar-refractivity contribution in [1.82, 2.24) is 0 Å². The Hall–Kier alpha value is -1.58. The number of aliphatic hydroxyl groups is 1. The minimum atomic E-state index is -0.708. The molecule has 0 saturated heterocycles. The van der Waals surface area contributed by atoms with Gasteiger partial charge in [0.25, 0.3) is 5.91 Å². The van der Waals surface area contributed by atoms with Crippen LogP contribution in [-0.4, -0.2) is 29.5 Å². The van der Waals surface area contributed by atoms with E-state index < -0.39 is 6.10 Å². The standard InChI is InChI=1S/C14H12ClNO2/c15-7-10(17)8-16-12-6-2-4-9-3-1-5-11(13(9)12)14(16)18/h1-6,10,17H,7-8H2. The average Bonchev–Trinajstić information content (AvgIpc) is 2.67. The first kappa shape index (κ1) is 11.5. The van der Waals surface area contributed by atoms with Crippen LogP contribution in [-0.2, 0) is 0 Å². The van der Waals surface area contributed by atoms with E-state index in [1.54, 1.807) is 4.90 Å². The minimum absolute atomic E-state index is 0.0639. The maximum atomic E-state index is 12.3. The average molecular weight is 262 g/mol. The normalized spacial score (nSPS) is 15.4. The molecule has 1 N–H and O–H groups in total. The summed E-state index contributed by atoms with van der Waals surface area (Å²) < 4.78 is 0. The molecule has 1 aliphatic heterocycles. The van der Waals surface area contributed by atoms with Gasteiger partial charge in [-0.25, -0.2) is 0 Å². The number of benzene rings is 2. The number of hydrogen-bond acceptors (Lipinski definition) is 2. The van der Waals surface area contributed by atoms with E-state index in [4.69, 9.17) is 11.6 Å². The van der Waals surface area contributed by atoms with Gasteiger partial charge in [0.15, 0.2) is 0 Å². The molecule has 0 bridgehead atoms. The van der Waals surface area contributed by atoms with Gasteiger partial charge < -0.3 is 10.0 Å². The maximum absolute atomic E-state index is 12.3. The molecule has 1 amide bonds. The molecule has 1 heterocycles. The summed E-state index contributed by atoms with van der Waals surface area (Å²) in [5.41, 5.74) is 1.56. The monoisotopic (exact) mass is 261 g/mol. The predicted octanol–water partition coefficient (Wildman–Crippen LogP) is 2.40. The number of hydrogen-bond donors (Lipinski definition) is 1. The van der Waals surface area contributed by atoms with Crippen LogP contribution in [0.15, 0.2) is 36.4 Å². The Bertz CT molecular complexity index is 621. The number of nitrogens with zero attached hydrogens (tertiary/aromatic N) is 1. The number of rotatable bonds is 3. The zero-order chi connectivity index (χ0) is 12.7. The highest BCUT2D eigenvalue weighted by molar-refractivity contribution is 6.25. The van der Waals surface area contributed by atoms with E-state index in [1.807, 2.05) is 36.4 Å². The van der Waals surface area contributed by atoms with E-state index in [0.717, 1.165) is 16.5 Å². The van der Waals surface area contributed by atoms with Crippen LogP contribution in [0.4, 0.5) is 5.69 Å². The number of alkyl halides is 1. The molecule has 0 spiro atoms. The van der Waals surface area contributed by atoms with Gasteiger partial charge in [0.1, 0.15) is 0 Å². The number of anilines is 1. The van der Waals surface area contributed by atoms with Gasteiger partial charge >= 0.3 is 0 Å². The molecule has 1 aliphatic rings. The van der Waals surface area contributed by atoms with Crippen LogP contribution in [0.3, 0.4) is 0 Å². The molecule has 1 unspecified atom stereocenters. The zero-order valence-electron chi connectivity index (χ0n) is 9.64. The molecule has 2 aromatic rings. The van der Waals surface area contributed by atoms with E-state index in [2.05, 4.69) is 0 Å². The molecule has 18 heavy (non-hydrogen) atoms. The lowest BCUT2D eigenvalue weighted by molar-refractivity contribution is 0.0975. The Balaban J connectivity index is 2.13. The molecular formula is C14H12ClNO2. The Kier molecular flexibility index (Phi) is 2.73. The van der Waals surface area contributed by atoms with E-state index in [9.17, 15) is 9.90 Å². The second-order valence-electron chi connectivity index (χ2n) is 4.40. The summed E-state index contributed by atoms with van der Waals surface area (Å²) in [6.07, 6.45) is -0.708. The SMILES string of the molecule is O=C1c2cccc3cccc(c23)N1CC(O)CCl. The van der Waals surface area contributed by atoms with Crippen molar-refractivity contribution in [2.24, 2.45) is 0 Å². The van der Waals surface area contributed by atoms with Gasteiger partial charge in [-0.1, -0.05) is 24.3 Å². The molecule has 3 rings (SSSR count). The summed E-state index contributed by atoms with van der Waals surface area (Å²) in [7, 11) is 0. The highest BCUT2D eigenvalue weighted by atomic mass is 35.5. The summed E-state index contributed by atoms with van der Waals surface area (Å²) in [5.74, 6) is 0.0572. The Morgan fingerprint density at radius 2 is 1.94 bits per heavy atom. The number of carbonyl (C=O) groups is 1. The lowest BCUT2D eigenvalue weighted by Crippen LogP contribution is -2.35. The Labute approximate surface area is 110 Å². The maximum Gasteiger partial charge on any atom is 0.259 e. The van der Waals surface area contributed by atoms with E-state index in [-0.39, 0.29) is 18.3 Å². The van der Waals surface area contributed by atoms with Crippen molar-refractivity contribution in [2.45, 2.75) is 6.10 Å². The topological polar surface area (TPSA) is 40.5 Å². The van der Waals surface area contributed by atoms with Gasteiger partial charge in [-0.3, -0.25) is 4.79 Å². The molecule has 0 radical (unpaired) electrons. The van der Waals surface area contributed by atoms with Crippen molar-refractivity contribution >= 4 is 34.0 Å². The summed E-state index contributed by atoms with van der Waals surface area (Å²) in [6.45, 7) is 0.232. The van der Waals surface area contributed by atoms with E-state index >= 15 is 0 Å². The van der Waals surface area contributed by atoms with Gasteiger partial charge in [0.05, 0.1) is 24.2 Å². The molecule has 2 aromatic carbocycles. The lowest BCUT2D eigenvalue weighted by atomic mass is 10.1. The largest absolute Gasteiger partial charge is 0.390 e. The smallest absolute Gasteiger partial charge is 0.259 e. The van der Waals surface area contributed by atoms with Crippen LogP contribution in [0.5, 0.6) is 0 Å². The fourth-order valence-electron chi connectivity index (χ4n) is 2.42. The zero-order valence-corrected chi connectivity index (χ0v) is 10.4. The minimum Gasteiger partial charge on any atom is -0.390 e. The number of carbonyl (C=O) groups excluding carboxylic acids is 1. The second-order valence-corrected chi connectivity index (χ2v) is 4.71. The van der Waals surface area contributed by atoms with Gasteiger partial charge in [0.2, 0.25) is 0 Å². The first-order valence-corrected chi connectivity index (χ1v) is 6.33. The molecule has 3 nitrogen and oxygen atoms in total. The third-order valence-electron chi connectivity index (χ3n) is 3.22. The number of amides is 1. The molecular weight excluding hydrogens is 250 g/mol. The van der Waals surface area contributed by atoms with E-state index in [0.29, 0.717) is 5.56 Å². The van der Waals surface area contributed by atoms with Gasteiger partial charge in [-0.15, -0.1) is 11.6 Å². The highest BCUT2D eigenvalue weighted by Gasteiger charge is 2.30. The highest BCUT2D eigenvalue weighted by Crippen LogP contribution is 2.37. The van der Waals surface area contributed by atoms with Crippen LogP contribution < -0.4 is 4.90 Å². The molecule has 0 aliphatic carbocycles. The predicted molar refractivity (Wildman–Crippen MR) is 72.4 cm³/mol. The van der Waals surface area contributed by atoms with Gasteiger partial charge in [-0.2, -0.15) is 0 Å². The first-order valence-electron chi connectivity index (χ1n) is 5.80. The fraction of sp³-hybridized carbons (Fsp3) is 0.214. The summed E-state index contributed by atoms with van der Waals surface area (Å²) in [4.78, 5) is 13.9. The fourth-order valence-corrected chi connectivity index (χ4v) is 2.52. The van der Waals surface area contributed by atoms with Crippen LogP contribution in [0.25, 0.3) is 10.8 Å². The van der Waals surface area contributed by atoms with E-state index in [1.165, 1.54) is 0 Å². The van der Waals surface area contributed by atoms with Crippen LogP contribution in [0.1, 0.15) is 10.4 Å². The Morgan fingerprint density at radius 3 is 2.67 bits per heavy atom. The van der Waals surface area contributed by atoms with Crippen molar-refractivity contribution in [2.75, 3.05) is 17.3 Å². The van der Waals surface area contributed by atoms with Crippen molar-refractivity contribution in [3.05, 3.63) is 42.0 Å². The number of β-amino-alcohol motifs (C(OH)–C–C–N with tert-alkyl or cyclic N) is 1. The third-order valence-corrected chi connectivity index (χ3v) is 3.58. The molecule has 4 heteroatoms. The molecule has 92 valence electrons. The van der Waals surface area contributed by atoms with Crippen LogP contribution in [0, 0.1) is 0 Å². The third kappa shape index (κ3) is 1.59. The van der Waals surface area contributed by atoms with Crippen LogP contribution >= 0.6 is 11.6 Å². The summed E-state index contributed by atoms with van der Waals surface area (Å²) in [5, 5.41) is 11.7. The molecule has 0 saturated carbocycles. The lowest BCUT2D eigenvalue weighted by Gasteiger charge is -2.20. The van der Waals surface area contributed by atoms with Gasteiger partial charge in [0, 0.05) is 10.9 Å².